The molecule has 100 valence electrons. The molecule has 0 aliphatic heterocycles. The summed E-state index contributed by atoms with van der Waals surface area (Å²) in [5.41, 5.74) is 11.2. The van der Waals surface area contributed by atoms with Gasteiger partial charge < -0.3 is 21.0 Å². The van der Waals surface area contributed by atoms with E-state index in [1.807, 2.05) is 0 Å². The standard InChI is InChI=1S/C12H18N2O4/c13-8(3-1-4-9(14)12(16)17)7-10(15)11-5-2-6-18-11/h2,5-6,8-9H,1,3-4,7,13-14H2,(H,16,17)/t8?,9-/m0/s1. The van der Waals surface area contributed by atoms with Gasteiger partial charge in [0.2, 0.25) is 0 Å². The molecule has 1 aromatic rings. The van der Waals surface area contributed by atoms with Crippen molar-refractivity contribution in [3.8, 4) is 0 Å². The highest BCUT2D eigenvalue weighted by molar-refractivity contribution is 5.93. The van der Waals surface area contributed by atoms with Crippen molar-refractivity contribution >= 4 is 11.8 Å². The normalized spacial score (nSPS) is 14.1. The molecule has 0 saturated heterocycles. The first-order valence-corrected chi connectivity index (χ1v) is 5.81. The van der Waals surface area contributed by atoms with Crippen LogP contribution in [-0.4, -0.2) is 28.9 Å². The van der Waals surface area contributed by atoms with Crippen LogP contribution in [0, 0.1) is 0 Å². The summed E-state index contributed by atoms with van der Waals surface area (Å²) >= 11 is 0. The summed E-state index contributed by atoms with van der Waals surface area (Å²) in [6, 6.07) is 2.07. The van der Waals surface area contributed by atoms with Crippen LogP contribution < -0.4 is 11.5 Å². The van der Waals surface area contributed by atoms with E-state index < -0.39 is 12.0 Å². The molecule has 1 aromatic heterocycles. The Morgan fingerprint density at radius 1 is 1.33 bits per heavy atom. The van der Waals surface area contributed by atoms with Crippen LogP contribution >= 0.6 is 0 Å². The molecule has 1 heterocycles. The van der Waals surface area contributed by atoms with Crippen LogP contribution in [0.4, 0.5) is 0 Å². The van der Waals surface area contributed by atoms with Crippen molar-refractivity contribution in [2.45, 2.75) is 37.8 Å². The van der Waals surface area contributed by atoms with Crippen molar-refractivity contribution in [1.29, 1.82) is 0 Å². The molecular formula is C12H18N2O4. The predicted molar refractivity (Wildman–Crippen MR) is 65.1 cm³/mol. The first kappa shape index (κ1) is 14.4. The molecule has 0 aliphatic rings. The fourth-order valence-corrected chi connectivity index (χ4v) is 1.60. The van der Waals surface area contributed by atoms with Crippen LogP contribution in [0.5, 0.6) is 0 Å². The van der Waals surface area contributed by atoms with Gasteiger partial charge in [-0.15, -0.1) is 0 Å². The van der Waals surface area contributed by atoms with E-state index in [4.69, 9.17) is 21.0 Å². The number of ketones is 1. The van der Waals surface area contributed by atoms with Crippen LogP contribution in [0.1, 0.15) is 36.2 Å². The minimum Gasteiger partial charge on any atom is -0.480 e. The Morgan fingerprint density at radius 2 is 2.06 bits per heavy atom. The smallest absolute Gasteiger partial charge is 0.320 e. The van der Waals surface area contributed by atoms with Crippen LogP contribution in [-0.2, 0) is 4.79 Å². The van der Waals surface area contributed by atoms with Gasteiger partial charge in [-0.3, -0.25) is 9.59 Å². The number of nitrogens with two attached hydrogens (primary N) is 2. The maximum Gasteiger partial charge on any atom is 0.320 e. The van der Waals surface area contributed by atoms with Gasteiger partial charge in [-0.25, -0.2) is 0 Å². The van der Waals surface area contributed by atoms with Gasteiger partial charge in [0, 0.05) is 12.5 Å². The number of carbonyl (C=O) groups excluding carboxylic acids is 1. The molecule has 2 atom stereocenters. The SMILES string of the molecule is NC(CCC[C@H](N)C(=O)O)CC(=O)c1ccco1. The Morgan fingerprint density at radius 3 is 2.61 bits per heavy atom. The highest BCUT2D eigenvalue weighted by Crippen LogP contribution is 2.10. The van der Waals surface area contributed by atoms with Crippen LogP contribution in [0.15, 0.2) is 22.8 Å². The highest BCUT2D eigenvalue weighted by atomic mass is 16.4. The molecule has 0 amide bonds. The summed E-state index contributed by atoms with van der Waals surface area (Å²) in [5, 5.41) is 8.59. The van der Waals surface area contributed by atoms with E-state index in [1.54, 1.807) is 12.1 Å². The lowest BCUT2D eigenvalue weighted by Crippen LogP contribution is -2.31. The number of rotatable bonds is 8. The molecule has 1 unspecified atom stereocenters. The Balaban J connectivity index is 2.24. The molecule has 6 nitrogen and oxygen atoms in total. The Kier molecular flexibility index (Phi) is 5.54. The lowest BCUT2D eigenvalue weighted by molar-refractivity contribution is -0.138. The van der Waals surface area contributed by atoms with E-state index in [2.05, 4.69) is 0 Å². The average molecular weight is 254 g/mol. The summed E-state index contributed by atoms with van der Waals surface area (Å²) in [5.74, 6) is -0.863. The second-order valence-electron chi connectivity index (χ2n) is 4.24. The predicted octanol–water partition coefficient (Wildman–Crippen LogP) is 0.762. The Hall–Kier alpha value is -1.66. The van der Waals surface area contributed by atoms with Gasteiger partial charge in [-0.1, -0.05) is 0 Å². The summed E-state index contributed by atoms with van der Waals surface area (Å²) in [6.45, 7) is 0. The number of hydrogen-bond acceptors (Lipinski definition) is 5. The lowest BCUT2D eigenvalue weighted by Gasteiger charge is -2.11. The molecule has 1 rings (SSSR count). The maximum atomic E-state index is 11.6. The summed E-state index contributed by atoms with van der Waals surface area (Å²) in [7, 11) is 0. The summed E-state index contributed by atoms with van der Waals surface area (Å²) < 4.78 is 4.97. The van der Waals surface area contributed by atoms with E-state index in [-0.39, 0.29) is 18.2 Å². The van der Waals surface area contributed by atoms with Gasteiger partial charge in [0.25, 0.3) is 0 Å². The number of aliphatic carboxylic acids is 1. The molecule has 0 aliphatic carbocycles. The lowest BCUT2D eigenvalue weighted by atomic mass is 10.0. The summed E-state index contributed by atoms with van der Waals surface area (Å²) in [6.07, 6.45) is 3.13. The van der Waals surface area contributed by atoms with Crippen molar-refractivity contribution in [3.05, 3.63) is 24.2 Å². The minimum absolute atomic E-state index is 0.143. The molecule has 0 spiro atoms. The molecule has 5 N–H and O–H groups in total. The van der Waals surface area contributed by atoms with E-state index in [0.717, 1.165) is 0 Å². The zero-order chi connectivity index (χ0) is 13.5. The number of carboxylic acids is 1. The molecule has 0 saturated carbocycles. The fourth-order valence-electron chi connectivity index (χ4n) is 1.60. The molecule has 18 heavy (non-hydrogen) atoms. The van der Waals surface area contributed by atoms with Gasteiger partial charge in [0.15, 0.2) is 11.5 Å². The zero-order valence-corrected chi connectivity index (χ0v) is 10.0. The molecule has 0 aromatic carbocycles. The number of furan rings is 1. The topological polar surface area (TPSA) is 120 Å². The first-order chi connectivity index (χ1) is 8.50. The van der Waals surface area contributed by atoms with E-state index in [1.165, 1.54) is 6.26 Å². The van der Waals surface area contributed by atoms with Gasteiger partial charge in [-0.05, 0) is 31.4 Å². The van der Waals surface area contributed by atoms with Crippen molar-refractivity contribution in [2.75, 3.05) is 0 Å². The third kappa shape index (κ3) is 4.68. The Bertz CT molecular complexity index is 389. The number of carbonyl (C=O) groups is 2. The zero-order valence-electron chi connectivity index (χ0n) is 10.0. The molecule has 0 bridgehead atoms. The molecule has 6 heteroatoms. The van der Waals surface area contributed by atoms with Crippen molar-refractivity contribution in [1.82, 2.24) is 0 Å². The van der Waals surface area contributed by atoms with E-state index in [0.29, 0.717) is 25.0 Å². The van der Waals surface area contributed by atoms with E-state index in [9.17, 15) is 9.59 Å². The second kappa shape index (κ2) is 6.93. The quantitative estimate of drug-likeness (QED) is 0.589. The molecular weight excluding hydrogens is 236 g/mol. The summed E-state index contributed by atoms with van der Waals surface area (Å²) in [4.78, 5) is 22.1. The van der Waals surface area contributed by atoms with E-state index >= 15 is 0 Å². The third-order valence-electron chi connectivity index (χ3n) is 2.65. The van der Waals surface area contributed by atoms with Gasteiger partial charge in [0.05, 0.1) is 6.26 Å². The van der Waals surface area contributed by atoms with Crippen LogP contribution in [0.3, 0.4) is 0 Å². The van der Waals surface area contributed by atoms with Gasteiger partial charge in [-0.2, -0.15) is 0 Å². The average Bonchev–Trinajstić information content (AvgIpc) is 2.81. The maximum absolute atomic E-state index is 11.6. The largest absolute Gasteiger partial charge is 0.480 e. The number of hydrogen-bond donors (Lipinski definition) is 3. The fraction of sp³-hybridized carbons (Fsp3) is 0.500. The van der Waals surface area contributed by atoms with Gasteiger partial charge in [0.1, 0.15) is 6.04 Å². The van der Waals surface area contributed by atoms with Crippen molar-refractivity contribution < 1.29 is 19.1 Å². The minimum atomic E-state index is -1.02. The van der Waals surface area contributed by atoms with Crippen molar-refractivity contribution in [2.24, 2.45) is 11.5 Å². The molecule has 0 fully saturated rings. The monoisotopic (exact) mass is 254 g/mol. The first-order valence-electron chi connectivity index (χ1n) is 5.81. The number of Topliss-reactive ketones (excluding diaryl/α,β-unsaturated/α-hetero) is 1. The van der Waals surface area contributed by atoms with Crippen molar-refractivity contribution in [3.63, 3.8) is 0 Å². The molecule has 0 radical (unpaired) electrons. The van der Waals surface area contributed by atoms with Crippen LogP contribution in [0.25, 0.3) is 0 Å². The van der Waals surface area contributed by atoms with Crippen LogP contribution in [0.2, 0.25) is 0 Å². The Labute approximate surface area is 105 Å². The third-order valence-corrected chi connectivity index (χ3v) is 2.65. The number of carboxylic acid groups (broad SMARTS) is 1. The van der Waals surface area contributed by atoms with Gasteiger partial charge >= 0.3 is 5.97 Å². The highest BCUT2D eigenvalue weighted by Gasteiger charge is 2.15. The second-order valence-corrected chi connectivity index (χ2v) is 4.24.